The second kappa shape index (κ2) is 6.29. The van der Waals surface area contributed by atoms with Crippen molar-refractivity contribution >= 4 is 5.82 Å². The van der Waals surface area contributed by atoms with Gasteiger partial charge in [-0.05, 0) is 19.8 Å². The van der Waals surface area contributed by atoms with Crippen molar-refractivity contribution in [3.8, 4) is 0 Å². The number of rotatable bonds is 3. The normalized spacial score (nSPS) is 18.8. The molecule has 130 valence electrons. The van der Waals surface area contributed by atoms with Crippen LogP contribution in [-0.4, -0.2) is 32.6 Å². The summed E-state index contributed by atoms with van der Waals surface area (Å²) in [6, 6.07) is 0. The molecule has 0 spiro atoms. The van der Waals surface area contributed by atoms with Gasteiger partial charge >= 0.3 is 6.18 Å². The molecule has 9 heteroatoms. The van der Waals surface area contributed by atoms with Gasteiger partial charge in [-0.3, -0.25) is 4.79 Å². The molecule has 1 aliphatic rings. The molecule has 1 fully saturated rings. The van der Waals surface area contributed by atoms with E-state index in [9.17, 15) is 18.0 Å². The molecule has 1 atom stereocenters. The lowest BCUT2D eigenvalue weighted by Crippen LogP contribution is -2.40. The Morgan fingerprint density at radius 3 is 2.83 bits per heavy atom. The fourth-order valence-corrected chi connectivity index (χ4v) is 2.98. The Balaban J connectivity index is 1.82. The van der Waals surface area contributed by atoms with Crippen LogP contribution in [0.1, 0.15) is 37.2 Å². The number of halogens is 3. The van der Waals surface area contributed by atoms with Crippen LogP contribution >= 0.6 is 0 Å². The third-order valence-electron chi connectivity index (χ3n) is 4.24. The SMILES string of the molecule is CCn1ccnc(N2CCC[C@@H](c3ncc(C(F)(F)F)[nH]3)C2)c1=O. The van der Waals surface area contributed by atoms with E-state index in [-0.39, 0.29) is 11.5 Å². The summed E-state index contributed by atoms with van der Waals surface area (Å²) in [6.45, 7) is 3.48. The molecule has 0 unspecified atom stereocenters. The lowest BCUT2D eigenvalue weighted by atomic mass is 9.97. The van der Waals surface area contributed by atoms with Crippen molar-refractivity contribution in [3.05, 3.63) is 40.5 Å². The summed E-state index contributed by atoms with van der Waals surface area (Å²) >= 11 is 0. The molecule has 24 heavy (non-hydrogen) atoms. The summed E-state index contributed by atoms with van der Waals surface area (Å²) in [7, 11) is 0. The number of aryl methyl sites for hydroxylation is 1. The number of hydrogen-bond acceptors (Lipinski definition) is 4. The van der Waals surface area contributed by atoms with Crippen molar-refractivity contribution in [2.75, 3.05) is 18.0 Å². The first kappa shape index (κ1) is 16.5. The summed E-state index contributed by atoms with van der Waals surface area (Å²) in [5, 5.41) is 0. The van der Waals surface area contributed by atoms with E-state index < -0.39 is 11.9 Å². The van der Waals surface area contributed by atoms with Crippen LogP contribution in [-0.2, 0) is 12.7 Å². The Morgan fingerprint density at radius 1 is 1.38 bits per heavy atom. The molecule has 2 aromatic heterocycles. The van der Waals surface area contributed by atoms with Crippen LogP contribution in [0.5, 0.6) is 0 Å². The fourth-order valence-electron chi connectivity index (χ4n) is 2.98. The van der Waals surface area contributed by atoms with Crippen LogP contribution in [0.3, 0.4) is 0 Å². The Morgan fingerprint density at radius 2 is 2.17 bits per heavy atom. The standard InChI is InChI=1S/C15H18F3N5O/c1-2-22-7-5-19-13(14(22)24)23-6-3-4-10(9-23)12-20-8-11(21-12)15(16,17)18/h5,7-8,10H,2-4,6,9H2,1H3,(H,20,21)/t10-/m1/s1. The molecule has 6 nitrogen and oxygen atoms in total. The first-order chi connectivity index (χ1) is 11.4. The van der Waals surface area contributed by atoms with Crippen LogP contribution in [0.15, 0.2) is 23.4 Å². The van der Waals surface area contributed by atoms with Gasteiger partial charge in [-0.2, -0.15) is 13.2 Å². The summed E-state index contributed by atoms with van der Waals surface area (Å²) in [6.07, 6.45) is 1.05. The number of alkyl halides is 3. The van der Waals surface area contributed by atoms with Crippen molar-refractivity contribution < 1.29 is 13.2 Å². The third kappa shape index (κ3) is 3.15. The van der Waals surface area contributed by atoms with Crippen LogP contribution in [0, 0.1) is 0 Å². The Kier molecular flexibility index (Phi) is 4.33. The van der Waals surface area contributed by atoms with Gasteiger partial charge in [0, 0.05) is 37.9 Å². The quantitative estimate of drug-likeness (QED) is 0.931. The predicted molar refractivity (Wildman–Crippen MR) is 81.9 cm³/mol. The summed E-state index contributed by atoms with van der Waals surface area (Å²) in [5.41, 5.74) is -1.03. The lowest BCUT2D eigenvalue weighted by molar-refractivity contribution is -0.141. The van der Waals surface area contributed by atoms with Crippen LogP contribution in [0.25, 0.3) is 0 Å². The molecule has 0 saturated carbocycles. The smallest absolute Gasteiger partial charge is 0.351 e. The maximum Gasteiger partial charge on any atom is 0.432 e. The van der Waals surface area contributed by atoms with Crippen molar-refractivity contribution in [2.45, 2.75) is 38.4 Å². The predicted octanol–water partition coefficient (Wildman–Crippen LogP) is 2.39. The zero-order chi connectivity index (χ0) is 17.3. The van der Waals surface area contributed by atoms with Crippen LogP contribution < -0.4 is 10.5 Å². The number of H-pyrrole nitrogens is 1. The zero-order valence-electron chi connectivity index (χ0n) is 13.2. The number of hydrogen-bond donors (Lipinski definition) is 1. The molecule has 0 aromatic carbocycles. The number of imidazole rings is 1. The monoisotopic (exact) mass is 341 g/mol. The summed E-state index contributed by atoms with van der Waals surface area (Å²) in [4.78, 5) is 24.6. The number of piperidine rings is 1. The molecule has 1 aliphatic heterocycles. The first-order valence-corrected chi connectivity index (χ1v) is 7.82. The van der Waals surface area contributed by atoms with Gasteiger partial charge < -0.3 is 14.5 Å². The molecule has 2 aromatic rings. The summed E-state index contributed by atoms with van der Waals surface area (Å²) in [5.74, 6) is 0.455. The molecule has 0 radical (unpaired) electrons. The topological polar surface area (TPSA) is 66.8 Å². The average molecular weight is 341 g/mol. The Labute approximate surface area is 136 Å². The van der Waals surface area contributed by atoms with E-state index >= 15 is 0 Å². The van der Waals surface area contributed by atoms with E-state index in [0.29, 0.717) is 31.3 Å². The highest BCUT2D eigenvalue weighted by Gasteiger charge is 2.34. The molecule has 1 saturated heterocycles. The van der Waals surface area contributed by atoms with Gasteiger partial charge in [-0.15, -0.1) is 0 Å². The van der Waals surface area contributed by atoms with Crippen molar-refractivity contribution in [2.24, 2.45) is 0 Å². The molecular weight excluding hydrogens is 323 g/mol. The zero-order valence-corrected chi connectivity index (χ0v) is 13.2. The minimum atomic E-state index is -4.44. The van der Waals surface area contributed by atoms with E-state index in [1.807, 2.05) is 11.8 Å². The van der Waals surface area contributed by atoms with Crippen molar-refractivity contribution in [1.82, 2.24) is 19.5 Å². The summed E-state index contributed by atoms with van der Waals surface area (Å²) < 4.78 is 39.7. The third-order valence-corrected chi connectivity index (χ3v) is 4.24. The van der Waals surface area contributed by atoms with E-state index in [2.05, 4.69) is 15.0 Å². The van der Waals surface area contributed by atoms with Gasteiger partial charge in [0.1, 0.15) is 11.5 Å². The van der Waals surface area contributed by atoms with Gasteiger partial charge in [-0.1, -0.05) is 0 Å². The lowest BCUT2D eigenvalue weighted by Gasteiger charge is -2.32. The second-order valence-corrected chi connectivity index (χ2v) is 5.81. The molecule has 0 bridgehead atoms. The number of aromatic amines is 1. The average Bonchev–Trinajstić information content (AvgIpc) is 3.05. The Hall–Kier alpha value is -2.32. The highest BCUT2D eigenvalue weighted by molar-refractivity contribution is 5.37. The number of nitrogens with zero attached hydrogens (tertiary/aromatic N) is 4. The molecule has 0 aliphatic carbocycles. The van der Waals surface area contributed by atoms with Gasteiger partial charge in [-0.25, -0.2) is 9.97 Å². The molecule has 3 heterocycles. The van der Waals surface area contributed by atoms with Crippen LogP contribution in [0.4, 0.5) is 19.0 Å². The van der Waals surface area contributed by atoms with Crippen molar-refractivity contribution in [3.63, 3.8) is 0 Å². The second-order valence-electron chi connectivity index (χ2n) is 5.81. The van der Waals surface area contributed by atoms with Gasteiger partial charge in [0.15, 0.2) is 5.82 Å². The minimum absolute atomic E-state index is 0.184. The molecule has 3 rings (SSSR count). The fraction of sp³-hybridized carbons (Fsp3) is 0.533. The van der Waals surface area contributed by atoms with E-state index in [1.54, 1.807) is 17.0 Å². The van der Waals surface area contributed by atoms with Crippen molar-refractivity contribution in [1.29, 1.82) is 0 Å². The maximum atomic E-state index is 12.7. The number of aromatic nitrogens is 4. The van der Waals surface area contributed by atoms with E-state index in [4.69, 9.17) is 0 Å². The highest BCUT2D eigenvalue weighted by atomic mass is 19.4. The number of nitrogens with one attached hydrogen (secondary N) is 1. The van der Waals surface area contributed by atoms with E-state index in [1.165, 1.54) is 0 Å². The van der Waals surface area contributed by atoms with Gasteiger partial charge in [0.05, 0.1) is 6.20 Å². The minimum Gasteiger partial charge on any atom is -0.351 e. The first-order valence-electron chi connectivity index (χ1n) is 7.82. The Bertz CT molecular complexity index is 767. The van der Waals surface area contributed by atoms with Gasteiger partial charge in [0.2, 0.25) is 0 Å². The van der Waals surface area contributed by atoms with E-state index in [0.717, 1.165) is 19.0 Å². The van der Waals surface area contributed by atoms with Gasteiger partial charge in [0.25, 0.3) is 5.56 Å². The van der Waals surface area contributed by atoms with Crippen LogP contribution in [0.2, 0.25) is 0 Å². The maximum absolute atomic E-state index is 12.7. The highest BCUT2D eigenvalue weighted by Crippen LogP contribution is 2.31. The molecule has 0 amide bonds. The number of anilines is 1. The molecular formula is C15H18F3N5O. The molecule has 1 N–H and O–H groups in total. The largest absolute Gasteiger partial charge is 0.432 e.